The summed E-state index contributed by atoms with van der Waals surface area (Å²) in [6.07, 6.45) is 4.25. The first-order valence-corrected chi connectivity index (χ1v) is 8.54. The van der Waals surface area contributed by atoms with Crippen LogP contribution in [0.2, 0.25) is 0 Å². The molecule has 1 saturated heterocycles. The van der Waals surface area contributed by atoms with E-state index in [2.05, 4.69) is 5.32 Å². The zero-order valence-electron chi connectivity index (χ0n) is 14.7. The second kappa shape index (κ2) is 7.60. The average Bonchev–Trinajstić information content (AvgIpc) is 2.83. The van der Waals surface area contributed by atoms with Crippen LogP contribution in [0.5, 0.6) is 0 Å². The molecule has 24 heavy (non-hydrogen) atoms. The number of hydrogen-bond donors (Lipinski definition) is 1. The fourth-order valence-corrected chi connectivity index (χ4v) is 2.87. The van der Waals surface area contributed by atoms with Gasteiger partial charge in [-0.25, -0.2) is 0 Å². The van der Waals surface area contributed by atoms with E-state index in [9.17, 15) is 14.4 Å². The number of anilines is 1. The Kier molecular flexibility index (Phi) is 5.75. The zero-order chi connectivity index (χ0) is 17.7. The van der Waals surface area contributed by atoms with E-state index in [1.165, 1.54) is 6.92 Å². The van der Waals surface area contributed by atoms with Crippen molar-refractivity contribution in [3.05, 3.63) is 29.8 Å². The van der Waals surface area contributed by atoms with Crippen LogP contribution in [0, 0.1) is 5.41 Å². The number of nitrogens with one attached hydrogen (secondary N) is 1. The highest BCUT2D eigenvalue weighted by Gasteiger charge is 2.39. The monoisotopic (exact) mass is 330 g/mol. The number of benzene rings is 1. The van der Waals surface area contributed by atoms with Crippen LogP contribution in [0.15, 0.2) is 24.3 Å². The molecule has 1 aliphatic rings. The fourth-order valence-electron chi connectivity index (χ4n) is 2.87. The highest BCUT2D eigenvalue weighted by atomic mass is 16.2. The molecule has 1 aromatic rings. The van der Waals surface area contributed by atoms with Crippen LogP contribution in [0.1, 0.15) is 56.8 Å². The first-order chi connectivity index (χ1) is 11.3. The summed E-state index contributed by atoms with van der Waals surface area (Å²) in [5.41, 5.74) is -0.0785. The molecule has 5 heteroatoms. The van der Waals surface area contributed by atoms with Gasteiger partial charge in [0.1, 0.15) is 5.41 Å². The number of rotatable bonds is 4. The zero-order valence-corrected chi connectivity index (χ0v) is 14.7. The van der Waals surface area contributed by atoms with Gasteiger partial charge in [-0.1, -0.05) is 25.0 Å². The minimum atomic E-state index is -1.14. The van der Waals surface area contributed by atoms with E-state index in [4.69, 9.17) is 0 Å². The number of carbonyl (C=O) groups is 3. The van der Waals surface area contributed by atoms with Crippen molar-refractivity contribution in [2.24, 2.45) is 5.41 Å². The van der Waals surface area contributed by atoms with Gasteiger partial charge in [-0.15, -0.1) is 0 Å². The maximum Gasteiger partial charge on any atom is 0.239 e. The third-order valence-electron chi connectivity index (χ3n) is 4.52. The molecule has 1 fully saturated rings. The Morgan fingerprint density at radius 1 is 1.04 bits per heavy atom. The summed E-state index contributed by atoms with van der Waals surface area (Å²) in [4.78, 5) is 38.7. The topological polar surface area (TPSA) is 66.5 Å². The molecule has 0 saturated carbocycles. The van der Waals surface area contributed by atoms with Crippen molar-refractivity contribution in [2.75, 3.05) is 18.4 Å². The molecule has 1 aliphatic heterocycles. The van der Waals surface area contributed by atoms with E-state index in [0.717, 1.165) is 38.8 Å². The Morgan fingerprint density at radius 2 is 1.67 bits per heavy atom. The van der Waals surface area contributed by atoms with Gasteiger partial charge >= 0.3 is 0 Å². The molecular weight excluding hydrogens is 304 g/mol. The van der Waals surface area contributed by atoms with E-state index in [0.29, 0.717) is 11.3 Å². The van der Waals surface area contributed by atoms with Gasteiger partial charge in [-0.05, 0) is 45.7 Å². The minimum Gasteiger partial charge on any atom is -0.342 e. The highest BCUT2D eigenvalue weighted by Crippen LogP contribution is 2.24. The smallest absolute Gasteiger partial charge is 0.239 e. The van der Waals surface area contributed by atoms with Gasteiger partial charge in [0.05, 0.1) is 0 Å². The second-order valence-corrected chi connectivity index (χ2v) is 6.92. The minimum absolute atomic E-state index is 0.0639. The van der Waals surface area contributed by atoms with Crippen LogP contribution in [0.3, 0.4) is 0 Å². The fraction of sp³-hybridized carbons (Fsp3) is 0.526. The molecule has 130 valence electrons. The summed E-state index contributed by atoms with van der Waals surface area (Å²) in [6.45, 7) is 6.23. The largest absolute Gasteiger partial charge is 0.342 e. The lowest BCUT2D eigenvalue weighted by atomic mass is 9.90. The molecule has 0 radical (unpaired) electrons. The van der Waals surface area contributed by atoms with Gasteiger partial charge in [0.2, 0.25) is 11.8 Å². The van der Waals surface area contributed by atoms with Crippen LogP contribution in [0.4, 0.5) is 5.69 Å². The number of carbonyl (C=O) groups excluding carboxylic acids is 3. The van der Waals surface area contributed by atoms with E-state index in [-0.39, 0.29) is 17.6 Å². The van der Waals surface area contributed by atoms with Crippen LogP contribution in [-0.2, 0) is 9.59 Å². The third kappa shape index (κ3) is 4.22. The second-order valence-electron chi connectivity index (χ2n) is 6.92. The van der Waals surface area contributed by atoms with Gasteiger partial charge in [0.15, 0.2) is 5.78 Å². The van der Waals surface area contributed by atoms with E-state index < -0.39 is 5.41 Å². The van der Waals surface area contributed by atoms with Gasteiger partial charge in [-0.3, -0.25) is 14.4 Å². The molecule has 0 unspecified atom stereocenters. The average molecular weight is 330 g/mol. The quantitative estimate of drug-likeness (QED) is 0.681. The van der Waals surface area contributed by atoms with Gasteiger partial charge in [0.25, 0.3) is 0 Å². The number of ketones is 1. The molecule has 2 rings (SSSR count). The van der Waals surface area contributed by atoms with Gasteiger partial charge in [0, 0.05) is 24.3 Å². The molecule has 0 aromatic heterocycles. The highest BCUT2D eigenvalue weighted by molar-refractivity contribution is 6.10. The van der Waals surface area contributed by atoms with Crippen molar-refractivity contribution < 1.29 is 14.4 Å². The molecular formula is C19H26N2O3. The van der Waals surface area contributed by atoms with Gasteiger partial charge < -0.3 is 10.2 Å². The molecule has 1 heterocycles. The molecule has 0 spiro atoms. The first kappa shape index (κ1) is 18.2. The number of Topliss-reactive ketones (excluding diaryl/α,β-unsaturated/α-hetero) is 1. The Balaban J connectivity index is 2.10. The molecule has 0 bridgehead atoms. The lowest BCUT2D eigenvalue weighted by Crippen LogP contribution is -2.47. The van der Waals surface area contributed by atoms with Crippen molar-refractivity contribution >= 4 is 23.3 Å². The Bertz CT molecular complexity index is 629. The molecule has 0 aliphatic carbocycles. The van der Waals surface area contributed by atoms with Crippen LogP contribution in [-0.4, -0.2) is 35.6 Å². The summed E-state index contributed by atoms with van der Waals surface area (Å²) < 4.78 is 0. The molecule has 0 atom stereocenters. The number of amides is 2. The van der Waals surface area contributed by atoms with E-state index in [1.807, 2.05) is 0 Å². The standard InChI is InChI=1S/C19H26N2O3/c1-14(22)15-9-8-10-16(13-15)20-17(23)19(2,3)18(24)21-11-6-4-5-7-12-21/h8-10,13H,4-7,11-12H2,1-3H3,(H,20,23). The van der Waals surface area contributed by atoms with Crippen molar-refractivity contribution in [3.8, 4) is 0 Å². The summed E-state index contributed by atoms with van der Waals surface area (Å²) >= 11 is 0. The lowest BCUT2D eigenvalue weighted by molar-refractivity contribution is -0.146. The Morgan fingerprint density at radius 3 is 2.25 bits per heavy atom. The SMILES string of the molecule is CC(=O)c1cccc(NC(=O)C(C)(C)C(=O)N2CCCCCC2)c1. The number of likely N-dealkylation sites (tertiary alicyclic amines) is 1. The molecule has 1 aromatic carbocycles. The summed E-state index contributed by atoms with van der Waals surface area (Å²) in [5.74, 6) is -0.548. The molecule has 2 amide bonds. The molecule has 1 N–H and O–H groups in total. The normalized spacial score (nSPS) is 15.5. The van der Waals surface area contributed by atoms with E-state index >= 15 is 0 Å². The van der Waals surface area contributed by atoms with Gasteiger partial charge in [-0.2, -0.15) is 0 Å². The van der Waals surface area contributed by atoms with Crippen molar-refractivity contribution in [2.45, 2.75) is 46.5 Å². The van der Waals surface area contributed by atoms with Crippen LogP contribution in [0.25, 0.3) is 0 Å². The summed E-state index contributed by atoms with van der Waals surface area (Å²) in [5, 5.41) is 2.77. The Labute approximate surface area is 143 Å². The summed E-state index contributed by atoms with van der Waals surface area (Å²) in [6, 6.07) is 6.77. The predicted octanol–water partition coefficient (Wildman–Crippen LogP) is 3.26. The van der Waals surface area contributed by atoms with Crippen molar-refractivity contribution in [1.29, 1.82) is 0 Å². The maximum atomic E-state index is 12.8. The van der Waals surface area contributed by atoms with Crippen LogP contribution >= 0.6 is 0 Å². The lowest BCUT2D eigenvalue weighted by Gasteiger charge is -2.30. The summed E-state index contributed by atoms with van der Waals surface area (Å²) in [7, 11) is 0. The Hall–Kier alpha value is -2.17. The van der Waals surface area contributed by atoms with E-state index in [1.54, 1.807) is 43.0 Å². The first-order valence-electron chi connectivity index (χ1n) is 8.54. The number of nitrogens with zero attached hydrogens (tertiary/aromatic N) is 1. The maximum absolute atomic E-state index is 12.8. The van der Waals surface area contributed by atoms with Crippen molar-refractivity contribution in [1.82, 2.24) is 4.90 Å². The van der Waals surface area contributed by atoms with Crippen LogP contribution < -0.4 is 5.32 Å². The number of hydrogen-bond acceptors (Lipinski definition) is 3. The predicted molar refractivity (Wildman–Crippen MR) is 93.9 cm³/mol. The molecule has 5 nitrogen and oxygen atoms in total. The third-order valence-corrected chi connectivity index (χ3v) is 4.52. The van der Waals surface area contributed by atoms with Crippen molar-refractivity contribution in [3.63, 3.8) is 0 Å².